The first-order valence-electron chi connectivity index (χ1n) is 7.68. The molecule has 1 aromatic carbocycles. The Balaban J connectivity index is 2.01. The molecule has 0 bridgehead atoms. The minimum Gasteiger partial charge on any atom is -0.481 e. The van der Waals surface area contributed by atoms with Crippen molar-refractivity contribution in [2.75, 3.05) is 6.67 Å². The lowest BCUT2D eigenvalue weighted by atomic mass is 10.1. The second-order valence-corrected chi connectivity index (χ2v) is 5.56. The third-order valence-electron chi connectivity index (χ3n) is 3.56. The average Bonchev–Trinajstić information content (AvgIpc) is 3.04. The molecule has 10 heteroatoms. The Bertz CT molecular complexity index is 817. The van der Waals surface area contributed by atoms with Crippen LogP contribution in [0.15, 0.2) is 24.3 Å². The van der Waals surface area contributed by atoms with Gasteiger partial charge in [0.1, 0.15) is 18.8 Å². The van der Waals surface area contributed by atoms with Gasteiger partial charge in [-0.05, 0) is 19.1 Å². The molecule has 1 heterocycles. The number of aromatic nitrogens is 2. The number of H-pyrrole nitrogens is 1. The Labute approximate surface area is 147 Å². The summed E-state index contributed by atoms with van der Waals surface area (Å²) in [6.07, 6.45) is -0.751. The number of para-hydroxylation sites is 2. The van der Waals surface area contributed by atoms with Gasteiger partial charge in [-0.1, -0.05) is 12.1 Å². The van der Waals surface area contributed by atoms with Crippen molar-refractivity contribution in [3.05, 3.63) is 30.1 Å². The van der Waals surface area contributed by atoms with Crippen molar-refractivity contribution in [1.29, 1.82) is 0 Å². The van der Waals surface area contributed by atoms with Crippen molar-refractivity contribution in [3.63, 3.8) is 0 Å². The van der Waals surface area contributed by atoms with Crippen LogP contribution in [0, 0.1) is 0 Å². The van der Waals surface area contributed by atoms with Crippen molar-refractivity contribution < 1.29 is 28.7 Å². The summed E-state index contributed by atoms with van der Waals surface area (Å²) in [5, 5.41) is 13.2. The van der Waals surface area contributed by atoms with E-state index in [1.165, 1.54) is 6.92 Å². The van der Waals surface area contributed by atoms with Gasteiger partial charge in [0.2, 0.25) is 5.91 Å². The van der Waals surface area contributed by atoms with Gasteiger partial charge < -0.3 is 20.7 Å². The number of carboxylic acids is 1. The average molecular weight is 364 g/mol. The van der Waals surface area contributed by atoms with Crippen LogP contribution in [0.5, 0.6) is 0 Å². The topological polar surface area (TPSA) is 141 Å². The molecule has 0 radical (unpaired) electrons. The van der Waals surface area contributed by atoms with E-state index in [4.69, 9.17) is 5.11 Å². The van der Waals surface area contributed by atoms with Gasteiger partial charge in [0.25, 0.3) is 5.91 Å². The van der Waals surface area contributed by atoms with Gasteiger partial charge >= 0.3 is 5.97 Å². The summed E-state index contributed by atoms with van der Waals surface area (Å²) in [6, 6.07) is 4.36. The van der Waals surface area contributed by atoms with Crippen molar-refractivity contribution in [1.82, 2.24) is 20.6 Å². The molecular weight excluding hydrogens is 347 g/mol. The predicted molar refractivity (Wildman–Crippen MR) is 88.2 cm³/mol. The highest BCUT2D eigenvalue weighted by Crippen LogP contribution is 2.10. The molecule has 4 N–H and O–H groups in total. The van der Waals surface area contributed by atoms with E-state index in [0.717, 1.165) is 0 Å². The first-order chi connectivity index (χ1) is 12.3. The van der Waals surface area contributed by atoms with Crippen LogP contribution in [0.25, 0.3) is 11.0 Å². The molecule has 2 rings (SSSR count). The zero-order valence-electron chi connectivity index (χ0n) is 13.8. The summed E-state index contributed by atoms with van der Waals surface area (Å²) < 4.78 is 12.5. The number of halogens is 1. The summed E-state index contributed by atoms with van der Waals surface area (Å²) in [6.45, 7) is -0.0639. The molecule has 0 aliphatic carbocycles. The van der Waals surface area contributed by atoms with E-state index in [1.54, 1.807) is 24.3 Å². The second-order valence-electron chi connectivity index (χ2n) is 5.56. The van der Waals surface area contributed by atoms with E-state index in [-0.39, 0.29) is 5.82 Å². The quantitative estimate of drug-likeness (QED) is 0.526. The smallest absolute Gasteiger partial charge is 0.305 e. The molecule has 0 fully saturated rings. The van der Waals surface area contributed by atoms with Crippen LogP contribution >= 0.6 is 0 Å². The maximum Gasteiger partial charge on any atom is 0.305 e. The van der Waals surface area contributed by atoms with E-state index >= 15 is 0 Å². The number of aromatic amines is 1. The van der Waals surface area contributed by atoms with E-state index in [1.807, 2.05) is 0 Å². The summed E-state index contributed by atoms with van der Waals surface area (Å²) >= 11 is 0. The number of alkyl halides is 1. The van der Waals surface area contributed by atoms with Crippen LogP contribution in [0.3, 0.4) is 0 Å². The standard InChI is InChI=1S/C16H17FN4O5/c1-8(15(25)21-11(6-13(23)24)12(22)7-17)18-16(26)14-19-9-4-2-3-5-10(9)20-14/h2-5,8,11H,6-7H2,1H3,(H,18,26)(H,19,20)(H,21,25)(H,23,24). The number of carbonyl (C=O) groups excluding carboxylic acids is 3. The number of hydrogen-bond acceptors (Lipinski definition) is 5. The molecule has 2 unspecified atom stereocenters. The summed E-state index contributed by atoms with van der Waals surface area (Å²) in [5.41, 5.74) is 1.22. The number of rotatable bonds is 8. The van der Waals surface area contributed by atoms with Gasteiger partial charge in [-0.15, -0.1) is 0 Å². The molecule has 2 amide bonds. The van der Waals surface area contributed by atoms with E-state index in [2.05, 4.69) is 20.6 Å². The maximum absolute atomic E-state index is 12.5. The van der Waals surface area contributed by atoms with Crippen molar-refractivity contribution in [3.8, 4) is 0 Å². The van der Waals surface area contributed by atoms with Crippen molar-refractivity contribution >= 4 is 34.6 Å². The maximum atomic E-state index is 12.5. The molecule has 138 valence electrons. The lowest BCUT2D eigenvalue weighted by Crippen LogP contribution is -2.51. The summed E-state index contributed by atoms with van der Waals surface area (Å²) in [4.78, 5) is 53.2. The fourth-order valence-corrected chi connectivity index (χ4v) is 2.20. The number of nitrogens with zero attached hydrogens (tertiary/aromatic N) is 1. The van der Waals surface area contributed by atoms with Crippen LogP contribution in [0.2, 0.25) is 0 Å². The van der Waals surface area contributed by atoms with E-state index < -0.39 is 48.7 Å². The number of ketones is 1. The number of aliphatic carboxylic acids is 1. The zero-order valence-corrected chi connectivity index (χ0v) is 13.8. The van der Waals surface area contributed by atoms with E-state index in [0.29, 0.717) is 11.0 Å². The molecule has 1 aromatic heterocycles. The SMILES string of the molecule is CC(NC(=O)c1nc2ccccc2[nH]1)C(=O)NC(CC(=O)O)C(=O)CF. The number of Topliss-reactive ketones (excluding diaryl/α,β-unsaturated/α-hetero) is 1. The Morgan fingerprint density at radius 1 is 1.23 bits per heavy atom. The van der Waals surface area contributed by atoms with Gasteiger partial charge in [0, 0.05) is 0 Å². The van der Waals surface area contributed by atoms with Crippen LogP contribution < -0.4 is 10.6 Å². The number of hydrogen-bond donors (Lipinski definition) is 4. The first-order valence-corrected chi connectivity index (χ1v) is 7.68. The van der Waals surface area contributed by atoms with Crippen molar-refractivity contribution in [2.45, 2.75) is 25.4 Å². The highest BCUT2D eigenvalue weighted by molar-refractivity contribution is 5.98. The summed E-state index contributed by atoms with van der Waals surface area (Å²) in [5.74, 6) is -3.90. The highest BCUT2D eigenvalue weighted by atomic mass is 19.1. The Morgan fingerprint density at radius 2 is 1.92 bits per heavy atom. The minimum atomic E-state index is -1.50. The van der Waals surface area contributed by atoms with Gasteiger partial charge in [-0.25, -0.2) is 9.37 Å². The van der Waals surface area contributed by atoms with Gasteiger partial charge in [0.05, 0.1) is 17.5 Å². The molecule has 2 atom stereocenters. The third kappa shape index (κ3) is 4.62. The third-order valence-corrected chi connectivity index (χ3v) is 3.56. The number of carbonyl (C=O) groups is 4. The minimum absolute atomic E-state index is 0.00669. The molecule has 9 nitrogen and oxygen atoms in total. The monoisotopic (exact) mass is 364 g/mol. The van der Waals surface area contributed by atoms with Gasteiger partial charge in [0.15, 0.2) is 11.6 Å². The summed E-state index contributed by atoms with van der Waals surface area (Å²) in [7, 11) is 0. The molecule has 0 aliphatic rings. The zero-order chi connectivity index (χ0) is 19.3. The van der Waals surface area contributed by atoms with Crippen LogP contribution in [0.4, 0.5) is 4.39 Å². The fraction of sp³-hybridized carbons (Fsp3) is 0.312. The van der Waals surface area contributed by atoms with Crippen LogP contribution in [-0.2, 0) is 14.4 Å². The van der Waals surface area contributed by atoms with Gasteiger partial charge in [-0.3, -0.25) is 19.2 Å². The van der Waals surface area contributed by atoms with E-state index in [9.17, 15) is 23.6 Å². The first kappa shape index (κ1) is 19.0. The lowest BCUT2D eigenvalue weighted by molar-refractivity contribution is -0.140. The molecular formula is C16H17FN4O5. The normalized spacial score (nSPS) is 13.0. The number of fused-ring (bicyclic) bond motifs is 1. The molecule has 0 saturated carbocycles. The highest BCUT2D eigenvalue weighted by Gasteiger charge is 2.26. The second kappa shape index (κ2) is 8.19. The molecule has 0 spiro atoms. The van der Waals surface area contributed by atoms with Crippen LogP contribution in [-0.4, -0.2) is 57.4 Å². The number of nitrogens with one attached hydrogen (secondary N) is 3. The Morgan fingerprint density at radius 3 is 2.54 bits per heavy atom. The number of benzene rings is 1. The van der Waals surface area contributed by atoms with Gasteiger partial charge in [-0.2, -0.15) is 0 Å². The Hall–Kier alpha value is -3.30. The molecule has 26 heavy (non-hydrogen) atoms. The van der Waals surface area contributed by atoms with Crippen molar-refractivity contribution in [2.24, 2.45) is 0 Å². The lowest BCUT2D eigenvalue weighted by Gasteiger charge is -2.18. The predicted octanol–water partition coefficient (Wildman–Crippen LogP) is 0.179. The molecule has 0 saturated heterocycles. The fourth-order valence-electron chi connectivity index (χ4n) is 2.20. The van der Waals surface area contributed by atoms with Crippen LogP contribution in [0.1, 0.15) is 24.0 Å². The molecule has 0 aliphatic heterocycles. The number of imidazole rings is 1. The number of amides is 2. The Kier molecular flexibility index (Phi) is 5.99. The largest absolute Gasteiger partial charge is 0.481 e. The molecule has 2 aromatic rings. The number of carboxylic acid groups (broad SMARTS) is 1.